The predicted octanol–water partition coefficient (Wildman–Crippen LogP) is -0.285. The number of aromatic nitrogens is 1. The van der Waals surface area contributed by atoms with Gasteiger partial charge in [-0.2, -0.15) is 0 Å². The van der Waals surface area contributed by atoms with Crippen LogP contribution in [0.2, 0.25) is 0 Å². The van der Waals surface area contributed by atoms with E-state index in [1.54, 1.807) is 13.0 Å². The van der Waals surface area contributed by atoms with Crippen molar-refractivity contribution in [1.29, 1.82) is 0 Å². The number of aliphatic hydroxyl groups excluding tert-OH is 2. The van der Waals surface area contributed by atoms with Gasteiger partial charge in [-0.25, -0.2) is 0 Å². The van der Waals surface area contributed by atoms with Gasteiger partial charge in [0.2, 0.25) is 0 Å². The van der Waals surface area contributed by atoms with Crippen molar-refractivity contribution in [2.75, 3.05) is 12.3 Å². The standard InChI is InChI=1S/C10H17N3O2/c1-6-8(4-7(12)5-13-6)10(15)9(14)2-3-11/h4-5,9-10,14-15H,2-3,11-12H2,1H3. The Morgan fingerprint density at radius 2 is 2.13 bits per heavy atom. The maximum atomic E-state index is 9.82. The van der Waals surface area contributed by atoms with Gasteiger partial charge < -0.3 is 21.7 Å². The Bertz CT molecular complexity index is 330. The molecule has 84 valence electrons. The minimum Gasteiger partial charge on any atom is -0.397 e. The van der Waals surface area contributed by atoms with Crippen LogP contribution in [-0.2, 0) is 0 Å². The molecule has 0 fully saturated rings. The van der Waals surface area contributed by atoms with Crippen molar-refractivity contribution in [2.45, 2.75) is 25.6 Å². The average Bonchev–Trinajstić information content (AvgIpc) is 2.21. The number of nitrogens with two attached hydrogens (primary N) is 2. The first-order chi connectivity index (χ1) is 7.06. The summed E-state index contributed by atoms with van der Waals surface area (Å²) in [5.74, 6) is 0. The maximum absolute atomic E-state index is 9.82. The van der Waals surface area contributed by atoms with Crippen molar-refractivity contribution in [3.8, 4) is 0 Å². The number of aliphatic hydroxyl groups is 2. The molecule has 15 heavy (non-hydrogen) atoms. The monoisotopic (exact) mass is 211 g/mol. The first kappa shape index (κ1) is 11.9. The maximum Gasteiger partial charge on any atom is 0.107 e. The summed E-state index contributed by atoms with van der Waals surface area (Å²) < 4.78 is 0. The van der Waals surface area contributed by atoms with Gasteiger partial charge in [-0.1, -0.05) is 0 Å². The molecule has 5 nitrogen and oxygen atoms in total. The van der Waals surface area contributed by atoms with Crippen LogP contribution in [0.15, 0.2) is 12.3 Å². The van der Waals surface area contributed by atoms with Crippen LogP contribution in [0, 0.1) is 6.92 Å². The summed E-state index contributed by atoms with van der Waals surface area (Å²) in [4.78, 5) is 4.01. The Hall–Kier alpha value is -1.17. The second-order valence-corrected chi connectivity index (χ2v) is 3.53. The SMILES string of the molecule is Cc1ncc(N)cc1C(O)C(O)CCN. The summed E-state index contributed by atoms with van der Waals surface area (Å²) in [5.41, 5.74) is 12.5. The normalized spacial score (nSPS) is 14.9. The van der Waals surface area contributed by atoms with Gasteiger partial charge in [0.05, 0.1) is 18.0 Å². The molecule has 0 amide bonds. The van der Waals surface area contributed by atoms with E-state index in [1.165, 1.54) is 6.20 Å². The van der Waals surface area contributed by atoms with E-state index >= 15 is 0 Å². The molecule has 0 spiro atoms. The average molecular weight is 211 g/mol. The van der Waals surface area contributed by atoms with E-state index in [2.05, 4.69) is 4.98 Å². The molecular weight excluding hydrogens is 194 g/mol. The lowest BCUT2D eigenvalue weighted by Crippen LogP contribution is -2.22. The fourth-order valence-electron chi connectivity index (χ4n) is 1.40. The van der Waals surface area contributed by atoms with Crippen LogP contribution in [0.4, 0.5) is 5.69 Å². The van der Waals surface area contributed by atoms with Crippen molar-refractivity contribution in [3.63, 3.8) is 0 Å². The van der Waals surface area contributed by atoms with Crippen molar-refractivity contribution < 1.29 is 10.2 Å². The first-order valence-corrected chi connectivity index (χ1v) is 4.84. The van der Waals surface area contributed by atoms with Gasteiger partial charge in [0, 0.05) is 11.3 Å². The highest BCUT2D eigenvalue weighted by Gasteiger charge is 2.19. The molecule has 0 bridgehead atoms. The van der Waals surface area contributed by atoms with E-state index in [4.69, 9.17) is 11.5 Å². The highest BCUT2D eigenvalue weighted by molar-refractivity contribution is 5.40. The molecule has 1 aromatic rings. The lowest BCUT2D eigenvalue weighted by atomic mass is 10.0. The molecule has 1 aromatic heterocycles. The van der Waals surface area contributed by atoms with Gasteiger partial charge in [0.25, 0.3) is 0 Å². The van der Waals surface area contributed by atoms with Crippen LogP contribution in [0.1, 0.15) is 23.8 Å². The molecule has 5 heteroatoms. The van der Waals surface area contributed by atoms with Gasteiger partial charge in [0.15, 0.2) is 0 Å². The van der Waals surface area contributed by atoms with Crippen LogP contribution in [-0.4, -0.2) is 27.8 Å². The molecular formula is C10H17N3O2. The number of aryl methyl sites for hydroxylation is 1. The number of nitrogen functional groups attached to an aromatic ring is 1. The van der Waals surface area contributed by atoms with E-state index in [0.29, 0.717) is 29.9 Å². The number of hydrogen-bond acceptors (Lipinski definition) is 5. The van der Waals surface area contributed by atoms with Crippen molar-refractivity contribution in [1.82, 2.24) is 4.98 Å². The van der Waals surface area contributed by atoms with Gasteiger partial charge in [0.1, 0.15) is 6.10 Å². The molecule has 0 aliphatic carbocycles. The summed E-state index contributed by atoms with van der Waals surface area (Å²) in [6, 6.07) is 1.62. The smallest absolute Gasteiger partial charge is 0.107 e. The summed E-state index contributed by atoms with van der Waals surface area (Å²) in [6.45, 7) is 2.08. The Labute approximate surface area is 88.7 Å². The quantitative estimate of drug-likeness (QED) is 0.548. The number of nitrogens with zero attached hydrogens (tertiary/aromatic N) is 1. The third-order valence-electron chi connectivity index (χ3n) is 2.29. The van der Waals surface area contributed by atoms with Crippen LogP contribution < -0.4 is 11.5 Å². The number of pyridine rings is 1. The van der Waals surface area contributed by atoms with Gasteiger partial charge >= 0.3 is 0 Å². The number of hydrogen-bond donors (Lipinski definition) is 4. The molecule has 0 radical (unpaired) electrons. The molecule has 1 rings (SSSR count). The fourth-order valence-corrected chi connectivity index (χ4v) is 1.40. The molecule has 6 N–H and O–H groups in total. The zero-order valence-electron chi connectivity index (χ0n) is 8.72. The fraction of sp³-hybridized carbons (Fsp3) is 0.500. The highest BCUT2D eigenvalue weighted by atomic mass is 16.3. The largest absolute Gasteiger partial charge is 0.397 e. The Morgan fingerprint density at radius 1 is 1.47 bits per heavy atom. The van der Waals surface area contributed by atoms with Crippen molar-refractivity contribution in [3.05, 3.63) is 23.5 Å². The molecule has 0 aliphatic heterocycles. The van der Waals surface area contributed by atoms with E-state index < -0.39 is 12.2 Å². The summed E-state index contributed by atoms with van der Waals surface area (Å²) in [6.07, 6.45) is -0.00199. The molecule has 1 heterocycles. The number of anilines is 1. The van der Waals surface area contributed by atoms with Crippen LogP contribution in [0.3, 0.4) is 0 Å². The molecule has 0 aliphatic rings. The zero-order valence-corrected chi connectivity index (χ0v) is 8.72. The third kappa shape index (κ3) is 2.89. The topological polar surface area (TPSA) is 105 Å². The van der Waals surface area contributed by atoms with E-state index in [-0.39, 0.29) is 0 Å². The Kier molecular flexibility index (Phi) is 4.02. The second kappa shape index (κ2) is 5.06. The Morgan fingerprint density at radius 3 is 2.73 bits per heavy atom. The third-order valence-corrected chi connectivity index (χ3v) is 2.29. The summed E-state index contributed by atoms with van der Waals surface area (Å²) in [7, 11) is 0. The Balaban J connectivity index is 2.89. The van der Waals surface area contributed by atoms with Crippen LogP contribution in [0.25, 0.3) is 0 Å². The van der Waals surface area contributed by atoms with Crippen molar-refractivity contribution in [2.24, 2.45) is 5.73 Å². The summed E-state index contributed by atoms with van der Waals surface area (Å²) >= 11 is 0. The lowest BCUT2D eigenvalue weighted by molar-refractivity contribution is 0.0145. The van der Waals surface area contributed by atoms with Crippen LogP contribution >= 0.6 is 0 Å². The highest BCUT2D eigenvalue weighted by Crippen LogP contribution is 2.22. The van der Waals surface area contributed by atoms with Gasteiger partial charge in [-0.3, -0.25) is 4.98 Å². The predicted molar refractivity (Wildman–Crippen MR) is 58.0 cm³/mol. The molecule has 0 saturated heterocycles. The zero-order chi connectivity index (χ0) is 11.4. The lowest BCUT2D eigenvalue weighted by Gasteiger charge is -2.19. The number of rotatable bonds is 4. The van der Waals surface area contributed by atoms with Crippen LogP contribution in [0.5, 0.6) is 0 Å². The molecule has 2 atom stereocenters. The van der Waals surface area contributed by atoms with Gasteiger partial charge in [-0.15, -0.1) is 0 Å². The van der Waals surface area contributed by atoms with Gasteiger partial charge in [-0.05, 0) is 26.0 Å². The molecule has 0 saturated carbocycles. The molecule has 0 aromatic carbocycles. The van der Waals surface area contributed by atoms with E-state index in [1.807, 2.05) is 0 Å². The van der Waals surface area contributed by atoms with E-state index in [0.717, 1.165) is 0 Å². The minimum absolute atomic E-state index is 0.326. The van der Waals surface area contributed by atoms with Crippen molar-refractivity contribution >= 4 is 5.69 Å². The van der Waals surface area contributed by atoms with E-state index in [9.17, 15) is 10.2 Å². The minimum atomic E-state index is -0.982. The first-order valence-electron chi connectivity index (χ1n) is 4.84. The second-order valence-electron chi connectivity index (χ2n) is 3.53. The molecule has 2 unspecified atom stereocenters. The summed E-state index contributed by atoms with van der Waals surface area (Å²) in [5, 5.41) is 19.4.